The number of halogens is 3. The fourth-order valence-electron chi connectivity index (χ4n) is 2.42. The molecule has 1 aliphatic carbocycles. The van der Waals surface area contributed by atoms with Gasteiger partial charge in [-0.15, -0.1) is 0 Å². The van der Waals surface area contributed by atoms with Crippen molar-refractivity contribution >= 4 is 17.1 Å². The van der Waals surface area contributed by atoms with Gasteiger partial charge in [0.05, 0.1) is 10.5 Å². The van der Waals surface area contributed by atoms with Crippen LogP contribution in [-0.2, 0) is 6.18 Å². The van der Waals surface area contributed by atoms with E-state index in [1.165, 1.54) is 0 Å². The van der Waals surface area contributed by atoms with Gasteiger partial charge in [0.15, 0.2) is 0 Å². The number of benzene rings is 1. The van der Waals surface area contributed by atoms with Gasteiger partial charge in [-0.2, -0.15) is 18.3 Å². The highest BCUT2D eigenvalue weighted by atomic mass is 19.4. The Labute approximate surface area is 125 Å². The molecule has 0 saturated heterocycles. The number of hydrazone groups is 1. The van der Waals surface area contributed by atoms with Gasteiger partial charge in [0.25, 0.3) is 5.69 Å². The summed E-state index contributed by atoms with van der Waals surface area (Å²) in [4.78, 5) is 10.1. The zero-order chi connectivity index (χ0) is 16.3. The minimum atomic E-state index is -4.62. The quantitative estimate of drug-likeness (QED) is 0.655. The second-order valence-corrected chi connectivity index (χ2v) is 5.35. The van der Waals surface area contributed by atoms with Gasteiger partial charge in [0, 0.05) is 11.8 Å². The van der Waals surface area contributed by atoms with Crippen molar-refractivity contribution in [3.05, 3.63) is 33.9 Å². The molecular formula is C14H16F3N3O2. The first-order chi connectivity index (χ1) is 10.3. The van der Waals surface area contributed by atoms with Crippen LogP contribution in [0.4, 0.5) is 24.5 Å². The van der Waals surface area contributed by atoms with Gasteiger partial charge in [-0.3, -0.25) is 15.5 Å². The van der Waals surface area contributed by atoms with Crippen LogP contribution in [0.2, 0.25) is 0 Å². The van der Waals surface area contributed by atoms with Crippen LogP contribution in [0.5, 0.6) is 0 Å². The molecule has 1 atom stereocenters. The van der Waals surface area contributed by atoms with E-state index in [4.69, 9.17) is 0 Å². The molecule has 0 aliphatic heterocycles. The molecule has 0 heterocycles. The van der Waals surface area contributed by atoms with Crippen LogP contribution in [0.25, 0.3) is 0 Å². The third kappa shape index (κ3) is 3.75. The van der Waals surface area contributed by atoms with E-state index < -0.39 is 22.4 Å². The Balaban J connectivity index is 2.27. The van der Waals surface area contributed by atoms with E-state index in [0.29, 0.717) is 6.07 Å². The fraction of sp³-hybridized carbons (Fsp3) is 0.500. The SMILES string of the molecule is C[C@H]1CCCC/C1=N/Nc1ccc(C(F)(F)F)cc1[N+](=O)[O-]. The summed E-state index contributed by atoms with van der Waals surface area (Å²) in [6.45, 7) is 2.01. The van der Waals surface area contributed by atoms with E-state index in [2.05, 4.69) is 10.5 Å². The first kappa shape index (κ1) is 16.3. The molecule has 5 nitrogen and oxygen atoms in total. The highest BCUT2D eigenvalue weighted by Crippen LogP contribution is 2.35. The lowest BCUT2D eigenvalue weighted by atomic mass is 9.89. The van der Waals surface area contributed by atoms with Gasteiger partial charge < -0.3 is 0 Å². The number of rotatable bonds is 3. The molecule has 1 saturated carbocycles. The van der Waals surface area contributed by atoms with Crippen molar-refractivity contribution in [3.8, 4) is 0 Å². The normalized spacial score (nSPS) is 20.9. The Bertz CT molecular complexity index is 599. The highest BCUT2D eigenvalue weighted by Gasteiger charge is 2.33. The number of nitrogens with one attached hydrogen (secondary N) is 1. The maximum atomic E-state index is 12.6. The Hall–Kier alpha value is -2.12. The lowest BCUT2D eigenvalue weighted by Gasteiger charge is -2.20. The number of anilines is 1. The largest absolute Gasteiger partial charge is 0.416 e. The molecule has 2 rings (SSSR count). The summed E-state index contributed by atoms with van der Waals surface area (Å²) < 4.78 is 37.9. The van der Waals surface area contributed by atoms with Crippen LogP contribution >= 0.6 is 0 Å². The number of nitrogens with zero attached hydrogens (tertiary/aromatic N) is 2. The standard InChI is InChI=1S/C14H16F3N3O2/c1-9-4-2-3-5-11(9)18-19-12-7-6-10(14(15,16)17)8-13(12)20(21)22/h6-9,19H,2-5H2,1H3/b18-11-/t9-/m0/s1. The summed E-state index contributed by atoms with van der Waals surface area (Å²) in [7, 11) is 0. The molecule has 0 aromatic heterocycles. The summed E-state index contributed by atoms with van der Waals surface area (Å²) in [5, 5.41) is 15.1. The average molecular weight is 315 g/mol. The monoisotopic (exact) mass is 315 g/mol. The molecule has 1 aliphatic rings. The van der Waals surface area contributed by atoms with Gasteiger partial charge in [0.1, 0.15) is 5.69 Å². The molecule has 120 valence electrons. The van der Waals surface area contributed by atoms with Crippen molar-refractivity contribution in [1.82, 2.24) is 0 Å². The van der Waals surface area contributed by atoms with E-state index >= 15 is 0 Å². The molecule has 8 heteroatoms. The molecule has 1 fully saturated rings. The first-order valence-corrected chi connectivity index (χ1v) is 6.97. The molecule has 0 radical (unpaired) electrons. The third-order valence-corrected chi connectivity index (χ3v) is 3.73. The van der Waals surface area contributed by atoms with E-state index in [0.717, 1.165) is 43.5 Å². The second-order valence-electron chi connectivity index (χ2n) is 5.35. The smallest absolute Gasteiger partial charge is 0.272 e. The molecule has 22 heavy (non-hydrogen) atoms. The molecule has 1 aromatic carbocycles. The number of nitro benzene ring substituents is 1. The van der Waals surface area contributed by atoms with Crippen LogP contribution in [0.3, 0.4) is 0 Å². The predicted octanol–water partition coefficient (Wildman–Crippen LogP) is 4.59. The van der Waals surface area contributed by atoms with Crippen molar-refractivity contribution < 1.29 is 18.1 Å². The Morgan fingerprint density at radius 2 is 2.09 bits per heavy atom. The van der Waals surface area contributed by atoms with Crippen LogP contribution < -0.4 is 5.43 Å². The first-order valence-electron chi connectivity index (χ1n) is 6.97. The number of hydrogen-bond acceptors (Lipinski definition) is 4. The van der Waals surface area contributed by atoms with Crippen LogP contribution in [0, 0.1) is 16.0 Å². The molecule has 0 amide bonds. The minimum Gasteiger partial charge on any atom is -0.272 e. The topological polar surface area (TPSA) is 67.5 Å². The van der Waals surface area contributed by atoms with E-state index in [-0.39, 0.29) is 11.6 Å². The zero-order valence-electron chi connectivity index (χ0n) is 12.0. The highest BCUT2D eigenvalue weighted by molar-refractivity contribution is 5.88. The van der Waals surface area contributed by atoms with Gasteiger partial charge in [-0.05, 0) is 37.3 Å². The minimum absolute atomic E-state index is 0.0386. The predicted molar refractivity (Wildman–Crippen MR) is 76.8 cm³/mol. The Morgan fingerprint density at radius 3 is 2.68 bits per heavy atom. The molecule has 0 unspecified atom stereocenters. The van der Waals surface area contributed by atoms with E-state index in [1.807, 2.05) is 6.92 Å². The van der Waals surface area contributed by atoms with Gasteiger partial charge in [0.2, 0.25) is 0 Å². The fourth-order valence-corrected chi connectivity index (χ4v) is 2.42. The van der Waals surface area contributed by atoms with Crippen molar-refractivity contribution in [1.29, 1.82) is 0 Å². The second kappa shape index (κ2) is 6.33. The number of hydrogen-bond donors (Lipinski definition) is 1. The van der Waals surface area contributed by atoms with Gasteiger partial charge >= 0.3 is 6.18 Å². The lowest BCUT2D eigenvalue weighted by molar-refractivity contribution is -0.384. The Morgan fingerprint density at radius 1 is 1.36 bits per heavy atom. The van der Waals surface area contributed by atoms with Crippen molar-refractivity contribution in [2.75, 3.05) is 5.43 Å². The molecule has 0 spiro atoms. The van der Waals surface area contributed by atoms with Gasteiger partial charge in [-0.1, -0.05) is 13.3 Å². The van der Waals surface area contributed by atoms with Crippen molar-refractivity contribution in [2.24, 2.45) is 11.0 Å². The lowest BCUT2D eigenvalue weighted by Crippen LogP contribution is -2.17. The summed E-state index contributed by atoms with van der Waals surface area (Å²) in [6, 6.07) is 2.37. The average Bonchev–Trinajstić information content (AvgIpc) is 2.45. The Kier molecular flexibility index (Phi) is 4.68. The van der Waals surface area contributed by atoms with E-state index in [9.17, 15) is 23.3 Å². The summed E-state index contributed by atoms with van der Waals surface area (Å²) in [6.07, 6.45) is -0.716. The van der Waals surface area contributed by atoms with Crippen molar-refractivity contribution in [2.45, 2.75) is 38.8 Å². The van der Waals surface area contributed by atoms with Crippen LogP contribution in [-0.4, -0.2) is 10.6 Å². The van der Waals surface area contributed by atoms with Crippen molar-refractivity contribution in [3.63, 3.8) is 0 Å². The molecule has 1 aromatic rings. The number of alkyl halides is 3. The summed E-state index contributed by atoms with van der Waals surface area (Å²) in [5.41, 5.74) is 1.71. The maximum Gasteiger partial charge on any atom is 0.416 e. The van der Waals surface area contributed by atoms with Crippen LogP contribution in [0.1, 0.15) is 38.2 Å². The number of nitro groups is 1. The summed E-state index contributed by atoms with van der Waals surface area (Å²) >= 11 is 0. The zero-order valence-corrected chi connectivity index (χ0v) is 12.0. The van der Waals surface area contributed by atoms with Gasteiger partial charge in [-0.25, -0.2) is 0 Å². The maximum absolute atomic E-state index is 12.6. The molecular weight excluding hydrogens is 299 g/mol. The van der Waals surface area contributed by atoms with E-state index in [1.54, 1.807) is 0 Å². The summed E-state index contributed by atoms with van der Waals surface area (Å²) in [5.74, 6) is 0.273. The van der Waals surface area contributed by atoms with Crippen LogP contribution in [0.15, 0.2) is 23.3 Å². The molecule has 0 bridgehead atoms. The third-order valence-electron chi connectivity index (χ3n) is 3.73. The molecule has 1 N–H and O–H groups in total.